The Hall–Kier alpha value is -3.35. The Kier molecular flexibility index (Phi) is 6.49. The van der Waals surface area contributed by atoms with Crippen LogP contribution in [-0.4, -0.2) is 43.9 Å². The fourth-order valence-electron chi connectivity index (χ4n) is 3.43. The van der Waals surface area contributed by atoms with Crippen LogP contribution in [0.15, 0.2) is 48.5 Å². The van der Waals surface area contributed by atoms with Gasteiger partial charge < -0.3 is 19.5 Å². The molecule has 0 saturated heterocycles. The Bertz CT molecular complexity index is 864. The summed E-state index contributed by atoms with van der Waals surface area (Å²) in [5.74, 6) is -1.07. The van der Waals surface area contributed by atoms with Crippen LogP contribution in [0.25, 0.3) is 11.1 Å². The lowest BCUT2D eigenvalue weighted by molar-refractivity contribution is -0.155. The Balaban J connectivity index is 1.58. The average molecular weight is 397 g/mol. The smallest absolute Gasteiger partial charge is 0.407 e. The third-order valence-electron chi connectivity index (χ3n) is 4.62. The minimum absolute atomic E-state index is 0.0243. The van der Waals surface area contributed by atoms with E-state index in [1.165, 1.54) is 13.8 Å². The molecule has 3 rings (SSSR count). The first-order valence-corrected chi connectivity index (χ1v) is 9.35. The highest BCUT2D eigenvalue weighted by Crippen LogP contribution is 2.44. The molecule has 7 nitrogen and oxygen atoms in total. The second-order valence-corrected chi connectivity index (χ2v) is 6.74. The van der Waals surface area contributed by atoms with Gasteiger partial charge in [-0.25, -0.2) is 4.79 Å². The van der Waals surface area contributed by atoms with Gasteiger partial charge in [0.1, 0.15) is 13.2 Å². The second kappa shape index (κ2) is 9.23. The lowest BCUT2D eigenvalue weighted by Crippen LogP contribution is -2.38. The van der Waals surface area contributed by atoms with Crippen molar-refractivity contribution in [3.05, 3.63) is 59.7 Å². The minimum atomic E-state index is -0.781. The standard InChI is InChI=1S/C22H23NO6/c1-14(24)27-12-16(29-15(2)25)11-23-22(26)28-13-21-19-9-5-3-7-17(19)18-8-4-6-10-20(18)21/h3-10,16,21H,11-13H2,1-2H3,(H,23,26)/t16-/m0/s1. The zero-order chi connectivity index (χ0) is 20.8. The molecule has 0 fully saturated rings. The highest BCUT2D eigenvalue weighted by molar-refractivity contribution is 5.79. The van der Waals surface area contributed by atoms with Crippen molar-refractivity contribution in [3.8, 4) is 11.1 Å². The number of carbonyl (C=O) groups excluding carboxylic acids is 3. The first kappa shape index (κ1) is 20.4. The molecule has 1 atom stereocenters. The van der Waals surface area contributed by atoms with Crippen LogP contribution in [-0.2, 0) is 23.8 Å². The number of amides is 1. The molecule has 0 saturated carbocycles. The maximum absolute atomic E-state index is 12.2. The summed E-state index contributed by atoms with van der Waals surface area (Å²) in [4.78, 5) is 34.3. The van der Waals surface area contributed by atoms with Crippen LogP contribution in [0.3, 0.4) is 0 Å². The number of carbonyl (C=O) groups is 3. The summed E-state index contributed by atoms with van der Waals surface area (Å²) in [6.45, 7) is 2.52. The quantitative estimate of drug-likeness (QED) is 0.570. The Labute approximate surface area is 169 Å². The van der Waals surface area contributed by atoms with Crippen LogP contribution in [0.4, 0.5) is 4.79 Å². The molecule has 1 aliphatic rings. The number of fused-ring (bicyclic) bond motifs is 3. The first-order valence-electron chi connectivity index (χ1n) is 9.35. The van der Waals surface area contributed by atoms with E-state index in [-0.39, 0.29) is 25.7 Å². The van der Waals surface area contributed by atoms with Crippen molar-refractivity contribution in [2.24, 2.45) is 0 Å². The molecular weight excluding hydrogens is 374 g/mol. The summed E-state index contributed by atoms with van der Waals surface area (Å²) in [5, 5.41) is 2.55. The molecule has 2 aromatic rings. The molecule has 1 amide bonds. The van der Waals surface area contributed by atoms with Crippen molar-refractivity contribution in [1.82, 2.24) is 5.32 Å². The van der Waals surface area contributed by atoms with Crippen LogP contribution in [0.1, 0.15) is 30.9 Å². The highest BCUT2D eigenvalue weighted by atomic mass is 16.6. The van der Waals surface area contributed by atoms with Gasteiger partial charge in [-0.15, -0.1) is 0 Å². The highest BCUT2D eigenvalue weighted by Gasteiger charge is 2.29. The van der Waals surface area contributed by atoms with E-state index in [1.807, 2.05) is 36.4 Å². The maximum Gasteiger partial charge on any atom is 0.407 e. The van der Waals surface area contributed by atoms with E-state index >= 15 is 0 Å². The van der Waals surface area contributed by atoms with E-state index in [9.17, 15) is 14.4 Å². The van der Waals surface area contributed by atoms with E-state index in [0.717, 1.165) is 22.3 Å². The van der Waals surface area contributed by atoms with E-state index in [1.54, 1.807) is 0 Å². The van der Waals surface area contributed by atoms with Gasteiger partial charge in [0, 0.05) is 19.8 Å². The molecule has 1 aliphatic carbocycles. The van der Waals surface area contributed by atoms with E-state index < -0.39 is 24.1 Å². The zero-order valence-corrected chi connectivity index (χ0v) is 16.3. The lowest BCUT2D eigenvalue weighted by Gasteiger charge is -2.18. The van der Waals surface area contributed by atoms with Gasteiger partial charge in [-0.1, -0.05) is 48.5 Å². The predicted octanol–water partition coefficient (Wildman–Crippen LogP) is 3.02. The maximum atomic E-state index is 12.2. The van der Waals surface area contributed by atoms with Crippen molar-refractivity contribution in [1.29, 1.82) is 0 Å². The number of rotatable bonds is 7. The van der Waals surface area contributed by atoms with Crippen molar-refractivity contribution in [2.75, 3.05) is 19.8 Å². The number of alkyl carbamates (subject to hydrolysis) is 1. The molecule has 0 spiro atoms. The second-order valence-electron chi connectivity index (χ2n) is 6.74. The van der Waals surface area contributed by atoms with Crippen LogP contribution in [0, 0.1) is 0 Å². The van der Waals surface area contributed by atoms with E-state index in [4.69, 9.17) is 14.2 Å². The van der Waals surface area contributed by atoms with E-state index in [0.29, 0.717) is 0 Å². The molecule has 0 aromatic heterocycles. The molecule has 0 aliphatic heterocycles. The van der Waals surface area contributed by atoms with Crippen molar-refractivity contribution in [2.45, 2.75) is 25.9 Å². The van der Waals surface area contributed by atoms with Gasteiger partial charge >= 0.3 is 18.0 Å². The molecule has 0 unspecified atom stereocenters. The summed E-state index contributed by atoms with van der Waals surface area (Å²) >= 11 is 0. The van der Waals surface area contributed by atoms with Crippen LogP contribution in [0.5, 0.6) is 0 Å². The van der Waals surface area contributed by atoms with Crippen molar-refractivity contribution in [3.63, 3.8) is 0 Å². The summed E-state index contributed by atoms with van der Waals surface area (Å²) < 4.78 is 15.3. The predicted molar refractivity (Wildman–Crippen MR) is 105 cm³/mol. The topological polar surface area (TPSA) is 90.9 Å². The van der Waals surface area contributed by atoms with Crippen LogP contribution >= 0.6 is 0 Å². The van der Waals surface area contributed by atoms with Crippen LogP contribution < -0.4 is 5.32 Å². The SMILES string of the molecule is CC(=O)OC[C@H](CNC(=O)OCC1c2ccccc2-c2ccccc21)OC(C)=O. The molecule has 1 N–H and O–H groups in total. The van der Waals surface area contributed by atoms with Gasteiger partial charge in [-0.2, -0.15) is 0 Å². The normalized spacial score (nSPS) is 13.0. The summed E-state index contributed by atoms with van der Waals surface area (Å²) in [5.41, 5.74) is 4.53. The molecular formula is C22H23NO6. The first-order chi connectivity index (χ1) is 14.0. The number of esters is 2. The number of hydrogen-bond acceptors (Lipinski definition) is 6. The largest absolute Gasteiger partial charge is 0.462 e. The molecule has 0 bridgehead atoms. The molecule has 29 heavy (non-hydrogen) atoms. The van der Waals surface area contributed by atoms with Gasteiger partial charge in [-0.3, -0.25) is 9.59 Å². The van der Waals surface area contributed by atoms with Crippen molar-refractivity contribution < 1.29 is 28.6 Å². The third kappa shape index (κ3) is 5.13. The number of benzene rings is 2. The van der Waals surface area contributed by atoms with Gasteiger partial charge in [0.05, 0.1) is 6.54 Å². The van der Waals surface area contributed by atoms with Gasteiger partial charge in [-0.05, 0) is 22.3 Å². The van der Waals surface area contributed by atoms with Gasteiger partial charge in [0.2, 0.25) is 0 Å². The molecule has 0 heterocycles. The zero-order valence-electron chi connectivity index (χ0n) is 16.3. The minimum Gasteiger partial charge on any atom is -0.462 e. The fraction of sp³-hybridized carbons (Fsp3) is 0.318. The monoisotopic (exact) mass is 397 g/mol. The van der Waals surface area contributed by atoms with Crippen LogP contribution in [0.2, 0.25) is 0 Å². The molecule has 7 heteroatoms. The molecule has 152 valence electrons. The Morgan fingerprint density at radius 1 is 0.897 bits per heavy atom. The number of nitrogens with one attached hydrogen (secondary N) is 1. The Morgan fingerprint density at radius 3 is 2.03 bits per heavy atom. The lowest BCUT2D eigenvalue weighted by atomic mass is 9.98. The summed E-state index contributed by atoms with van der Waals surface area (Å²) in [7, 11) is 0. The Morgan fingerprint density at radius 2 is 1.48 bits per heavy atom. The average Bonchev–Trinajstić information content (AvgIpc) is 3.02. The number of hydrogen-bond donors (Lipinski definition) is 1. The van der Waals surface area contributed by atoms with Gasteiger partial charge in [0.25, 0.3) is 0 Å². The van der Waals surface area contributed by atoms with Crippen molar-refractivity contribution >= 4 is 18.0 Å². The van der Waals surface area contributed by atoms with E-state index in [2.05, 4.69) is 17.4 Å². The molecule has 2 aromatic carbocycles. The summed E-state index contributed by atoms with van der Waals surface area (Å²) in [6.07, 6.45) is -1.41. The molecule has 0 radical (unpaired) electrons. The van der Waals surface area contributed by atoms with Gasteiger partial charge in [0.15, 0.2) is 6.10 Å². The third-order valence-corrected chi connectivity index (χ3v) is 4.62. The fourth-order valence-corrected chi connectivity index (χ4v) is 3.43. The summed E-state index contributed by atoms with van der Waals surface area (Å²) in [6, 6.07) is 16.1. The number of ether oxygens (including phenoxy) is 3.